The van der Waals surface area contributed by atoms with Gasteiger partial charge in [0.25, 0.3) is 0 Å². The molecule has 0 rings (SSSR count). The molecule has 6 heteroatoms. The second-order valence-electron chi connectivity index (χ2n) is 2.35. The molecule has 2 atom stereocenters. The van der Waals surface area contributed by atoms with Crippen molar-refractivity contribution in [3.8, 4) is 0 Å². The number of carbonyl (C=O) groups excluding carboxylic acids is 2. The largest absolute Gasteiger partial charge is 0.465 e. The quantitative estimate of drug-likeness (QED) is 0.571. The standard InChI is InChI=1S/C8H13BrO5/c1-3-13-7(11)5(9)6(10)8(12)14-4-2/h5-6,10H,3-4H2,1-2H3/t5-,6-/m0/s1. The van der Waals surface area contributed by atoms with E-state index in [4.69, 9.17) is 0 Å². The monoisotopic (exact) mass is 268 g/mol. The Morgan fingerprint density at radius 1 is 1.21 bits per heavy atom. The molecule has 0 aromatic rings. The van der Waals surface area contributed by atoms with E-state index in [2.05, 4.69) is 25.4 Å². The molecule has 0 saturated heterocycles. The van der Waals surface area contributed by atoms with Crippen molar-refractivity contribution in [2.75, 3.05) is 13.2 Å². The molecule has 82 valence electrons. The Balaban J connectivity index is 4.16. The molecular weight excluding hydrogens is 256 g/mol. The van der Waals surface area contributed by atoms with Crippen LogP contribution in [0.4, 0.5) is 0 Å². The van der Waals surface area contributed by atoms with Gasteiger partial charge in [0.05, 0.1) is 13.2 Å². The second kappa shape index (κ2) is 6.78. The van der Waals surface area contributed by atoms with E-state index in [1.54, 1.807) is 13.8 Å². The van der Waals surface area contributed by atoms with Gasteiger partial charge in [-0.05, 0) is 13.8 Å². The van der Waals surface area contributed by atoms with Gasteiger partial charge in [0.15, 0.2) is 6.10 Å². The first-order valence-corrected chi connectivity index (χ1v) is 5.11. The zero-order chi connectivity index (χ0) is 11.1. The van der Waals surface area contributed by atoms with E-state index in [-0.39, 0.29) is 13.2 Å². The summed E-state index contributed by atoms with van der Waals surface area (Å²) < 4.78 is 9.13. The molecule has 0 fully saturated rings. The average Bonchev–Trinajstić information content (AvgIpc) is 2.16. The first kappa shape index (κ1) is 13.4. The van der Waals surface area contributed by atoms with Gasteiger partial charge >= 0.3 is 11.9 Å². The third kappa shape index (κ3) is 4.06. The smallest absolute Gasteiger partial charge is 0.336 e. The van der Waals surface area contributed by atoms with Crippen LogP contribution < -0.4 is 0 Å². The average molecular weight is 269 g/mol. The van der Waals surface area contributed by atoms with Gasteiger partial charge in [0.2, 0.25) is 0 Å². The van der Waals surface area contributed by atoms with Crippen LogP contribution in [0.5, 0.6) is 0 Å². The molecule has 0 saturated carbocycles. The molecule has 0 spiro atoms. The summed E-state index contributed by atoms with van der Waals surface area (Å²) >= 11 is 2.85. The molecule has 0 aliphatic rings. The normalized spacial score (nSPS) is 14.3. The zero-order valence-corrected chi connectivity index (χ0v) is 9.61. The number of aliphatic hydroxyl groups is 1. The maximum atomic E-state index is 11.1. The van der Waals surface area contributed by atoms with Crippen molar-refractivity contribution in [1.82, 2.24) is 0 Å². The fourth-order valence-electron chi connectivity index (χ4n) is 0.698. The van der Waals surface area contributed by atoms with Crippen molar-refractivity contribution in [3.63, 3.8) is 0 Å². The number of alkyl halides is 1. The number of rotatable bonds is 5. The van der Waals surface area contributed by atoms with Crippen molar-refractivity contribution in [2.24, 2.45) is 0 Å². The number of ether oxygens (including phenoxy) is 2. The fraction of sp³-hybridized carbons (Fsp3) is 0.750. The predicted molar refractivity (Wildman–Crippen MR) is 52.0 cm³/mol. The summed E-state index contributed by atoms with van der Waals surface area (Å²) in [5, 5.41) is 9.29. The van der Waals surface area contributed by atoms with E-state index in [0.29, 0.717) is 0 Å². The minimum absolute atomic E-state index is 0.151. The van der Waals surface area contributed by atoms with Crippen molar-refractivity contribution in [1.29, 1.82) is 0 Å². The Morgan fingerprint density at radius 2 is 1.64 bits per heavy atom. The van der Waals surface area contributed by atoms with Crippen LogP contribution in [-0.2, 0) is 19.1 Å². The van der Waals surface area contributed by atoms with Gasteiger partial charge in [-0.2, -0.15) is 0 Å². The van der Waals surface area contributed by atoms with Gasteiger partial charge in [-0.15, -0.1) is 0 Å². The summed E-state index contributed by atoms with van der Waals surface area (Å²) in [5.41, 5.74) is 0. The number of hydrogen-bond acceptors (Lipinski definition) is 5. The highest BCUT2D eigenvalue weighted by atomic mass is 79.9. The number of esters is 2. The molecule has 1 N–H and O–H groups in total. The van der Waals surface area contributed by atoms with Gasteiger partial charge in [-0.25, -0.2) is 4.79 Å². The van der Waals surface area contributed by atoms with Crippen LogP contribution in [-0.4, -0.2) is 41.2 Å². The zero-order valence-electron chi connectivity index (χ0n) is 8.03. The highest BCUT2D eigenvalue weighted by Gasteiger charge is 2.31. The van der Waals surface area contributed by atoms with Gasteiger partial charge in [0.1, 0.15) is 4.83 Å². The molecule has 0 amide bonds. The summed E-state index contributed by atoms with van der Waals surface area (Å²) in [7, 11) is 0. The second-order valence-corrected chi connectivity index (χ2v) is 3.34. The third-order valence-electron chi connectivity index (χ3n) is 1.32. The van der Waals surface area contributed by atoms with E-state index in [1.165, 1.54) is 0 Å². The van der Waals surface area contributed by atoms with Gasteiger partial charge in [-0.3, -0.25) is 4.79 Å². The van der Waals surface area contributed by atoms with Crippen LogP contribution >= 0.6 is 15.9 Å². The van der Waals surface area contributed by atoms with Crippen molar-refractivity contribution < 1.29 is 24.2 Å². The minimum atomic E-state index is -1.53. The van der Waals surface area contributed by atoms with Crippen LogP contribution in [0, 0.1) is 0 Å². The Hall–Kier alpha value is -0.620. The molecule has 14 heavy (non-hydrogen) atoms. The summed E-state index contributed by atoms with van der Waals surface area (Å²) in [4.78, 5) is 21.0. The Kier molecular flexibility index (Phi) is 6.48. The summed E-state index contributed by atoms with van der Waals surface area (Å²) in [6, 6.07) is 0. The molecule has 0 bridgehead atoms. The van der Waals surface area contributed by atoms with Crippen molar-refractivity contribution in [3.05, 3.63) is 0 Å². The Labute approximate surface area is 90.5 Å². The van der Waals surface area contributed by atoms with Gasteiger partial charge in [-0.1, -0.05) is 15.9 Å². The first-order chi connectivity index (χ1) is 6.54. The van der Waals surface area contributed by atoms with E-state index in [0.717, 1.165) is 0 Å². The number of halogens is 1. The lowest BCUT2D eigenvalue weighted by atomic mass is 10.2. The maximum absolute atomic E-state index is 11.1. The topological polar surface area (TPSA) is 72.8 Å². The lowest BCUT2D eigenvalue weighted by Gasteiger charge is -2.14. The highest BCUT2D eigenvalue weighted by molar-refractivity contribution is 9.10. The van der Waals surface area contributed by atoms with Crippen LogP contribution in [0.15, 0.2) is 0 Å². The lowest BCUT2D eigenvalue weighted by Crippen LogP contribution is -2.37. The number of aliphatic hydroxyl groups excluding tert-OH is 1. The molecule has 0 heterocycles. The number of carbonyl (C=O) groups is 2. The molecule has 5 nitrogen and oxygen atoms in total. The van der Waals surface area contributed by atoms with Crippen molar-refractivity contribution >= 4 is 27.9 Å². The van der Waals surface area contributed by atoms with E-state index in [1.807, 2.05) is 0 Å². The summed E-state index contributed by atoms with van der Waals surface area (Å²) in [6.07, 6.45) is -1.53. The Bertz CT molecular complexity index is 184. The van der Waals surface area contributed by atoms with Crippen LogP contribution in [0.1, 0.15) is 13.8 Å². The molecule has 0 aromatic carbocycles. The van der Waals surface area contributed by atoms with E-state index >= 15 is 0 Å². The molecular formula is C8H13BrO5. The third-order valence-corrected chi connectivity index (χ3v) is 2.19. The van der Waals surface area contributed by atoms with Crippen LogP contribution in [0.3, 0.4) is 0 Å². The van der Waals surface area contributed by atoms with Crippen LogP contribution in [0.25, 0.3) is 0 Å². The predicted octanol–water partition coefficient (Wildman–Crippen LogP) is 0.237. The molecule has 0 radical (unpaired) electrons. The molecule has 0 aromatic heterocycles. The maximum Gasteiger partial charge on any atom is 0.336 e. The first-order valence-electron chi connectivity index (χ1n) is 4.20. The summed E-state index contributed by atoms with van der Waals surface area (Å²) in [6.45, 7) is 3.58. The Morgan fingerprint density at radius 3 is 2.07 bits per heavy atom. The SMILES string of the molecule is CCOC(=O)[C@@H](O)[C@H](Br)C(=O)OCC. The number of hydrogen-bond donors (Lipinski definition) is 1. The minimum Gasteiger partial charge on any atom is -0.465 e. The molecule has 0 unspecified atom stereocenters. The highest BCUT2D eigenvalue weighted by Crippen LogP contribution is 2.09. The molecule has 0 aliphatic carbocycles. The van der Waals surface area contributed by atoms with Gasteiger partial charge < -0.3 is 14.6 Å². The van der Waals surface area contributed by atoms with Crippen LogP contribution in [0.2, 0.25) is 0 Å². The van der Waals surface area contributed by atoms with Crippen molar-refractivity contribution in [2.45, 2.75) is 24.8 Å². The summed E-state index contributed by atoms with van der Waals surface area (Å²) in [5.74, 6) is -1.53. The van der Waals surface area contributed by atoms with Gasteiger partial charge in [0, 0.05) is 0 Å². The van der Waals surface area contributed by atoms with E-state index < -0.39 is 22.9 Å². The molecule has 0 aliphatic heterocycles. The lowest BCUT2D eigenvalue weighted by molar-refractivity contribution is -0.158. The fourth-order valence-corrected chi connectivity index (χ4v) is 1.05. The van der Waals surface area contributed by atoms with E-state index in [9.17, 15) is 14.7 Å².